The molecule has 1 amide bonds. The van der Waals surface area contributed by atoms with Crippen LogP contribution in [0, 0.1) is 10.1 Å². The summed E-state index contributed by atoms with van der Waals surface area (Å²) >= 11 is 14.3. The summed E-state index contributed by atoms with van der Waals surface area (Å²) in [5, 5.41) is 16.0. The van der Waals surface area contributed by atoms with Gasteiger partial charge in [-0.1, -0.05) is 11.6 Å². The first kappa shape index (κ1) is 19.1. The van der Waals surface area contributed by atoms with Gasteiger partial charge in [-0.25, -0.2) is 0 Å². The van der Waals surface area contributed by atoms with E-state index in [4.69, 9.17) is 28.6 Å². The molecule has 0 aliphatic rings. The second-order valence-corrected chi connectivity index (χ2v) is 6.35. The summed E-state index contributed by atoms with van der Waals surface area (Å²) in [5.74, 6) is 0.0724. The minimum Gasteiger partial charge on any atom is -0.496 e. The van der Waals surface area contributed by atoms with Crippen LogP contribution in [0.5, 0.6) is 5.75 Å². The lowest BCUT2D eigenvalue weighted by atomic mass is 10.2. The summed E-state index contributed by atoms with van der Waals surface area (Å²) in [6.07, 6.45) is 0. The molecule has 2 rings (SSSR count). The van der Waals surface area contributed by atoms with Gasteiger partial charge in [0.05, 0.1) is 27.1 Å². The minimum absolute atomic E-state index is 0.0401. The normalized spacial score (nSPS) is 10.0. The Morgan fingerprint density at radius 2 is 2.04 bits per heavy atom. The first-order valence-electron chi connectivity index (χ1n) is 6.71. The third-order valence-corrected chi connectivity index (χ3v) is 4.18. The molecular formula is C15H11BrClN3O4S. The molecular weight excluding hydrogens is 434 g/mol. The molecule has 0 unspecified atom stereocenters. The molecule has 0 aromatic heterocycles. The number of benzene rings is 2. The zero-order valence-electron chi connectivity index (χ0n) is 12.7. The summed E-state index contributed by atoms with van der Waals surface area (Å²) in [7, 11) is 1.55. The smallest absolute Gasteiger partial charge is 0.270 e. The lowest BCUT2D eigenvalue weighted by Gasteiger charge is -2.11. The van der Waals surface area contributed by atoms with Crippen molar-refractivity contribution in [3.8, 4) is 5.75 Å². The Bertz CT molecular complexity index is 863. The van der Waals surface area contributed by atoms with Gasteiger partial charge in [-0.15, -0.1) is 0 Å². The molecule has 0 saturated carbocycles. The maximum absolute atomic E-state index is 12.2. The average molecular weight is 445 g/mol. The third-order valence-electron chi connectivity index (χ3n) is 3.04. The van der Waals surface area contributed by atoms with Crippen molar-refractivity contribution < 1.29 is 14.5 Å². The summed E-state index contributed by atoms with van der Waals surface area (Å²) < 4.78 is 5.84. The van der Waals surface area contributed by atoms with Crippen molar-refractivity contribution in [2.45, 2.75) is 0 Å². The van der Waals surface area contributed by atoms with Gasteiger partial charge in [0.15, 0.2) is 5.11 Å². The van der Waals surface area contributed by atoms with Gasteiger partial charge in [-0.05, 0) is 52.4 Å². The highest BCUT2D eigenvalue weighted by atomic mass is 79.9. The van der Waals surface area contributed by atoms with Gasteiger partial charge in [0, 0.05) is 17.8 Å². The minimum atomic E-state index is -0.596. The fourth-order valence-electron chi connectivity index (χ4n) is 1.88. The largest absolute Gasteiger partial charge is 0.496 e. The molecule has 2 aromatic rings. The van der Waals surface area contributed by atoms with Crippen molar-refractivity contribution in [2.24, 2.45) is 0 Å². The van der Waals surface area contributed by atoms with E-state index in [9.17, 15) is 14.9 Å². The summed E-state index contributed by atoms with van der Waals surface area (Å²) in [5.41, 5.74) is 0.505. The van der Waals surface area contributed by atoms with Crippen LogP contribution in [0.25, 0.3) is 0 Å². The number of nitrogens with zero attached hydrogens (tertiary/aromatic N) is 1. The summed E-state index contributed by atoms with van der Waals surface area (Å²) in [4.78, 5) is 22.3. The standard InChI is InChI=1S/C15H11BrClN3O4S/c1-24-13-5-2-8(6-11(13)16)18-15(25)19-14(21)10-4-3-9(20(22)23)7-12(10)17/h2-7H,1H3,(H2,18,19,21,25). The van der Waals surface area contributed by atoms with E-state index >= 15 is 0 Å². The Morgan fingerprint density at radius 1 is 1.32 bits per heavy atom. The van der Waals surface area contributed by atoms with E-state index < -0.39 is 10.8 Å². The van der Waals surface area contributed by atoms with Crippen molar-refractivity contribution in [3.05, 3.63) is 61.6 Å². The molecule has 0 spiro atoms. The van der Waals surface area contributed by atoms with Crippen molar-refractivity contribution in [2.75, 3.05) is 12.4 Å². The van der Waals surface area contributed by atoms with Gasteiger partial charge < -0.3 is 10.1 Å². The number of thiocarbonyl (C=S) groups is 1. The number of rotatable bonds is 4. The average Bonchev–Trinajstić information content (AvgIpc) is 2.54. The summed E-state index contributed by atoms with van der Waals surface area (Å²) in [6.45, 7) is 0. The number of non-ortho nitro benzene ring substituents is 1. The van der Waals surface area contributed by atoms with Crippen LogP contribution >= 0.6 is 39.7 Å². The van der Waals surface area contributed by atoms with Crippen LogP contribution in [0.3, 0.4) is 0 Å². The van der Waals surface area contributed by atoms with E-state index in [1.54, 1.807) is 25.3 Å². The van der Waals surface area contributed by atoms with Crippen LogP contribution in [0.1, 0.15) is 10.4 Å². The Balaban J connectivity index is 2.06. The quantitative estimate of drug-likeness (QED) is 0.418. The van der Waals surface area contributed by atoms with Gasteiger partial charge in [0.2, 0.25) is 0 Å². The fourth-order valence-corrected chi connectivity index (χ4v) is 2.89. The number of ether oxygens (including phenoxy) is 1. The number of amides is 1. The van der Waals surface area contributed by atoms with Gasteiger partial charge in [0.25, 0.3) is 11.6 Å². The zero-order chi connectivity index (χ0) is 18.6. The lowest BCUT2D eigenvalue weighted by Crippen LogP contribution is -2.34. The van der Waals surface area contributed by atoms with Crippen LogP contribution in [0.4, 0.5) is 11.4 Å². The maximum Gasteiger partial charge on any atom is 0.270 e. The number of nitro groups is 1. The van der Waals surface area contributed by atoms with Crippen molar-refractivity contribution in [3.63, 3.8) is 0 Å². The number of nitrogens with one attached hydrogen (secondary N) is 2. The first-order chi connectivity index (χ1) is 11.8. The Morgan fingerprint density at radius 3 is 2.60 bits per heavy atom. The maximum atomic E-state index is 12.2. The Labute approximate surface area is 161 Å². The van der Waals surface area contributed by atoms with Gasteiger partial charge >= 0.3 is 0 Å². The Kier molecular flexibility index (Phi) is 6.29. The predicted molar refractivity (Wildman–Crippen MR) is 102 cm³/mol. The number of hydrogen-bond donors (Lipinski definition) is 2. The first-order valence-corrected chi connectivity index (χ1v) is 8.29. The summed E-state index contributed by atoms with van der Waals surface area (Å²) in [6, 6.07) is 8.74. The molecule has 10 heteroatoms. The predicted octanol–water partition coefficient (Wildman–Crippen LogP) is 4.15. The van der Waals surface area contributed by atoms with Crippen LogP contribution < -0.4 is 15.4 Å². The van der Waals surface area contributed by atoms with E-state index in [1.807, 2.05) is 0 Å². The van der Waals surface area contributed by atoms with Gasteiger partial charge in [-0.3, -0.25) is 20.2 Å². The molecule has 0 atom stereocenters. The molecule has 0 aliphatic carbocycles. The molecule has 0 fully saturated rings. The van der Waals surface area contributed by atoms with Crippen LogP contribution in [-0.4, -0.2) is 23.1 Å². The van der Waals surface area contributed by atoms with Crippen molar-refractivity contribution >= 4 is 62.1 Å². The number of carbonyl (C=O) groups is 1. The van der Waals surface area contributed by atoms with E-state index in [0.717, 1.165) is 6.07 Å². The van der Waals surface area contributed by atoms with Crippen LogP contribution in [0.15, 0.2) is 40.9 Å². The van der Waals surface area contributed by atoms with Crippen LogP contribution in [-0.2, 0) is 0 Å². The van der Waals surface area contributed by atoms with Gasteiger partial charge in [0.1, 0.15) is 5.75 Å². The number of hydrogen-bond acceptors (Lipinski definition) is 5. The van der Waals surface area contributed by atoms with Crippen molar-refractivity contribution in [1.29, 1.82) is 0 Å². The molecule has 0 heterocycles. The highest BCUT2D eigenvalue weighted by molar-refractivity contribution is 9.10. The topological polar surface area (TPSA) is 93.5 Å². The number of methoxy groups -OCH3 is 1. The highest BCUT2D eigenvalue weighted by Crippen LogP contribution is 2.27. The molecule has 7 nitrogen and oxygen atoms in total. The monoisotopic (exact) mass is 443 g/mol. The zero-order valence-corrected chi connectivity index (χ0v) is 15.9. The van der Waals surface area contributed by atoms with E-state index in [1.165, 1.54) is 12.1 Å². The fraction of sp³-hybridized carbons (Fsp3) is 0.0667. The highest BCUT2D eigenvalue weighted by Gasteiger charge is 2.16. The molecule has 0 saturated heterocycles. The van der Waals surface area contributed by atoms with E-state index in [2.05, 4.69) is 26.6 Å². The second kappa shape index (κ2) is 8.24. The molecule has 130 valence electrons. The molecule has 25 heavy (non-hydrogen) atoms. The number of halogens is 2. The Hall–Kier alpha value is -2.23. The molecule has 2 aromatic carbocycles. The lowest BCUT2D eigenvalue weighted by molar-refractivity contribution is -0.384. The van der Waals surface area contributed by atoms with Crippen molar-refractivity contribution in [1.82, 2.24) is 5.32 Å². The second-order valence-electron chi connectivity index (χ2n) is 4.68. The van der Waals surface area contributed by atoms with E-state index in [-0.39, 0.29) is 21.4 Å². The number of carbonyl (C=O) groups excluding carboxylic acids is 1. The van der Waals surface area contributed by atoms with E-state index in [0.29, 0.717) is 15.9 Å². The molecule has 2 N–H and O–H groups in total. The molecule has 0 radical (unpaired) electrons. The SMILES string of the molecule is COc1ccc(NC(=S)NC(=O)c2ccc([N+](=O)[O-])cc2Cl)cc1Br. The van der Waals surface area contributed by atoms with Crippen LogP contribution in [0.2, 0.25) is 5.02 Å². The number of nitro benzene ring substituents is 1. The molecule has 0 aliphatic heterocycles. The van der Waals surface area contributed by atoms with Gasteiger partial charge in [-0.2, -0.15) is 0 Å². The molecule has 0 bridgehead atoms. The number of anilines is 1. The third kappa shape index (κ3) is 4.88.